The molecule has 0 spiro atoms. The average Bonchev–Trinajstić information content (AvgIpc) is 3.67. The molecule has 2 aromatic rings. The van der Waals surface area contributed by atoms with Crippen LogP contribution in [0.3, 0.4) is 0 Å². The van der Waals surface area contributed by atoms with E-state index in [4.69, 9.17) is 4.74 Å². The molecule has 1 aliphatic carbocycles. The minimum Gasteiger partial charge on any atom is -0.495 e. The SMILES string of the molecule is COc1ccccc1N(C)S(=O)(=O)c1ccc(C(=O)N2CCCC(C(=O)NC3CC3)C2)cc1. The van der Waals surface area contributed by atoms with Gasteiger partial charge in [-0.05, 0) is 62.1 Å². The van der Waals surface area contributed by atoms with Crippen LogP contribution in [-0.4, -0.2) is 58.4 Å². The Labute approximate surface area is 194 Å². The summed E-state index contributed by atoms with van der Waals surface area (Å²) in [6.07, 6.45) is 3.60. The quantitative estimate of drug-likeness (QED) is 0.670. The predicted molar refractivity (Wildman–Crippen MR) is 125 cm³/mol. The number of carbonyl (C=O) groups excluding carboxylic acids is 2. The highest BCUT2D eigenvalue weighted by molar-refractivity contribution is 7.92. The third kappa shape index (κ3) is 4.98. The normalized spacial score (nSPS) is 18.5. The molecule has 1 atom stereocenters. The van der Waals surface area contributed by atoms with Gasteiger partial charge in [-0.3, -0.25) is 13.9 Å². The number of ether oxygens (including phenoxy) is 1. The van der Waals surface area contributed by atoms with Crippen LogP contribution in [-0.2, 0) is 14.8 Å². The summed E-state index contributed by atoms with van der Waals surface area (Å²) in [6, 6.07) is 13.1. The number of hydrogen-bond donors (Lipinski definition) is 1. The second-order valence-electron chi connectivity index (χ2n) is 8.54. The number of amides is 2. The fourth-order valence-corrected chi connectivity index (χ4v) is 5.26. The molecule has 1 N–H and O–H groups in total. The van der Waals surface area contributed by atoms with Crippen molar-refractivity contribution in [1.29, 1.82) is 0 Å². The molecule has 2 aromatic carbocycles. The number of likely N-dealkylation sites (tertiary alicyclic amines) is 1. The standard InChI is InChI=1S/C24H29N3O5S/c1-26(21-7-3-4-8-22(21)32-2)33(30,31)20-13-9-17(10-14-20)24(29)27-15-5-6-18(16-27)23(28)25-19-11-12-19/h3-4,7-10,13-14,18-19H,5-6,11-12,15-16H2,1-2H3,(H,25,28). The lowest BCUT2D eigenvalue weighted by molar-refractivity contribution is -0.126. The maximum Gasteiger partial charge on any atom is 0.264 e. The number of para-hydroxylation sites is 2. The number of piperidine rings is 1. The first-order valence-electron chi connectivity index (χ1n) is 11.1. The first kappa shape index (κ1) is 23.1. The van der Waals surface area contributed by atoms with E-state index in [-0.39, 0.29) is 22.6 Å². The van der Waals surface area contributed by atoms with Crippen molar-refractivity contribution < 1.29 is 22.7 Å². The molecule has 1 heterocycles. The van der Waals surface area contributed by atoms with Crippen LogP contribution >= 0.6 is 0 Å². The smallest absolute Gasteiger partial charge is 0.264 e. The maximum atomic E-state index is 13.1. The lowest BCUT2D eigenvalue weighted by Gasteiger charge is -2.32. The third-order valence-corrected chi connectivity index (χ3v) is 7.97. The van der Waals surface area contributed by atoms with Gasteiger partial charge in [-0.15, -0.1) is 0 Å². The molecule has 2 aliphatic rings. The number of sulfonamides is 1. The van der Waals surface area contributed by atoms with Crippen LogP contribution in [0.25, 0.3) is 0 Å². The molecule has 176 valence electrons. The average molecular weight is 472 g/mol. The molecular formula is C24H29N3O5S. The Bertz CT molecular complexity index is 1130. The Balaban J connectivity index is 1.46. The third-order valence-electron chi connectivity index (χ3n) is 6.19. The van der Waals surface area contributed by atoms with Gasteiger partial charge in [-0.2, -0.15) is 0 Å². The molecule has 9 heteroatoms. The minimum atomic E-state index is -3.84. The van der Waals surface area contributed by atoms with Crippen molar-refractivity contribution in [3.63, 3.8) is 0 Å². The summed E-state index contributed by atoms with van der Waals surface area (Å²) in [6.45, 7) is 0.969. The summed E-state index contributed by atoms with van der Waals surface area (Å²) >= 11 is 0. The fourth-order valence-electron chi connectivity index (χ4n) is 4.05. The highest BCUT2D eigenvalue weighted by Gasteiger charge is 2.32. The van der Waals surface area contributed by atoms with Gasteiger partial charge in [0.2, 0.25) is 5.91 Å². The van der Waals surface area contributed by atoms with Crippen molar-refractivity contribution in [2.24, 2.45) is 5.92 Å². The van der Waals surface area contributed by atoms with Gasteiger partial charge in [0.05, 0.1) is 23.6 Å². The van der Waals surface area contributed by atoms with Gasteiger partial charge in [-0.25, -0.2) is 8.42 Å². The van der Waals surface area contributed by atoms with Crippen molar-refractivity contribution >= 4 is 27.5 Å². The van der Waals surface area contributed by atoms with Crippen LogP contribution in [0.15, 0.2) is 53.4 Å². The number of hydrogen-bond acceptors (Lipinski definition) is 5. The number of methoxy groups -OCH3 is 1. The van der Waals surface area contributed by atoms with Crippen molar-refractivity contribution in [3.8, 4) is 5.75 Å². The molecule has 8 nitrogen and oxygen atoms in total. The zero-order valence-corrected chi connectivity index (χ0v) is 19.7. The first-order valence-corrected chi connectivity index (χ1v) is 12.6. The second-order valence-corrected chi connectivity index (χ2v) is 10.5. The maximum absolute atomic E-state index is 13.1. The molecule has 1 saturated heterocycles. The number of carbonyl (C=O) groups is 2. The van der Waals surface area contributed by atoms with Crippen LogP contribution < -0.4 is 14.4 Å². The van der Waals surface area contributed by atoms with Gasteiger partial charge < -0.3 is 15.0 Å². The van der Waals surface area contributed by atoms with E-state index in [1.54, 1.807) is 29.2 Å². The number of rotatable bonds is 7. The number of anilines is 1. The van der Waals surface area contributed by atoms with E-state index in [0.717, 1.165) is 30.0 Å². The van der Waals surface area contributed by atoms with Crippen LogP contribution in [0.1, 0.15) is 36.0 Å². The second kappa shape index (κ2) is 9.43. The summed E-state index contributed by atoms with van der Waals surface area (Å²) in [4.78, 5) is 27.2. The van der Waals surface area contributed by atoms with Crippen LogP contribution in [0.4, 0.5) is 5.69 Å². The molecule has 1 aliphatic heterocycles. The van der Waals surface area contributed by atoms with E-state index in [2.05, 4.69) is 5.32 Å². The van der Waals surface area contributed by atoms with Gasteiger partial charge >= 0.3 is 0 Å². The molecule has 1 unspecified atom stereocenters. The molecule has 2 fully saturated rings. The van der Waals surface area contributed by atoms with Gasteiger partial charge in [-0.1, -0.05) is 12.1 Å². The van der Waals surface area contributed by atoms with Gasteiger partial charge in [0, 0.05) is 31.7 Å². The van der Waals surface area contributed by atoms with Crippen molar-refractivity contribution in [2.75, 3.05) is 31.6 Å². The molecule has 1 saturated carbocycles. The summed E-state index contributed by atoms with van der Waals surface area (Å²) in [5.74, 6) is 0.0787. The first-order chi connectivity index (χ1) is 15.8. The summed E-state index contributed by atoms with van der Waals surface area (Å²) in [5, 5.41) is 3.02. The topological polar surface area (TPSA) is 96.0 Å². The summed E-state index contributed by atoms with van der Waals surface area (Å²) < 4.78 is 32.7. The van der Waals surface area contributed by atoms with E-state index in [0.29, 0.717) is 36.1 Å². The largest absolute Gasteiger partial charge is 0.495 e. The fraction of sp³-hybridized carbons (Fsp3) is 0.417. The molecular weight excluding hydrogens is 442 g/mol. The Kier molecular flexibility index (Phi) is 6.60. The van der Waals surface area contributed by atoms with Gasteiger partial charge in [0.15, 0.2) is 0 Å². The van der Waals surface area contributed by atoms with Crippen molar-refractivity contribution in [1.82, 2.24) is 10.2 Å². The van der Waals surface area contributed by atoms with Crippen LogP contribution in [0.5, 0.6) is 5.75 Å². The van der Waals surface area contributed by atoms with E-state index in [1.807, 2.05) is 0 Å². The van der Waals surface area contributed by atoms with E-state index in [1.165, 1.54) is 38.4 Å². The molecule has 0 aromatic heterocycles. The highest BCUT2D eigenvalue weighted by atomic mass is 32.2. The Morgan fingerprint density at radius 3 is 2.42 bits per heavy atom. The van der Waals surface area contributed by atoms with Gasteiger partial charge in [0.1, 0.15) is 5.75 Å². The number of nitrogens with one attached hydrogen (secondary N) is 1. The Morgan fingerprint density at radius 1 is 1.06 bits per heavy atom. The Hall–Kier alpha value is -3.07. The number of benzene rings is 2. The zero-order chi connectivity index (χ0) is 23.6. The van der Waals surface area contributed by atoms with E-state index in [9.17, 15) is 18.0 Å². The van der Waals surface area contributed by atoms with Crippen molar-refractivity contribution in [3.05, 3.63) is 54.1 Å². The molecule has 0 bridgehead atoms. The van der Waals surface area contributed by atoms with Crippen LogP contribution in [0, 0.1) is 5.92 Å². The lowest BCUT2D eigenvalue weighted by Crippen LogP contribution is -2.45. The summed E-state index contributed by atoms with van der Waals surface area (Å²) in [5.41, 5.74) is 0.820. The van der Waals surface area contributed by atoms with E-state index < -0.39 is 10.0 Å². The Morgan fingerprint density at radius 2 is 1.76 bits per heavy atom. The summed E-state index contributed by atoms with van der Waals surface area (Å²) in [7, 11) is -0.891. The molecule has 2 amide bonds. The molecule has 33 heavy (non-hydrogen) atoms. The highest BCUT2D eigenvalue weighted by Crippen LogP contribution is 2.31. The van der Waals surface area contributed by atoms with Gasteiger partial charge in [0.25, 0.3) is 15.9 Å². The molecule has 4 rings (SSSR count). The lowest BCUT2D eigenvalue weighted by atomic mass is 9.96. The van der Waals surface area contributed by atoms with E-state index >= 15 is 0 Å². The minimum absolute atomic E-state index is 0.0239. The zero-order valence-electron chi connectivity index (χ0n) is 18.9. The predicted octanol–water partition coefficient (Wildman–Crippen LogP) is 2.65. The van der Waals surface area contributed by atoms with Crippen molar-refractivity contribution in [2.45, 2.75) is 36.6 Å². The molecule has 0 radical (unpaired) electrons. The monoisotopic (exact) mass is 471 g/mol. The number of nitrogens with zero attached hydrogens (tertiary/aromatic N) is 2. The van der Waals surface area contributed by atoms with Crippen LogP contribution in [0.2, 0.25) is 0 Å².